The minimum Gasteiger partial charge on any atom is -0.457 e. The van der Waals surface area contributed by atoms with Gasteiger partial charge in [0.15, 0.2) is 15.7 Å². The molecule has 5 rings (SSSR count). The third-order valence-electron chi connectivity index (χ3n) is 6.16. The molecule has 0 saturated carbocycles. The number of aromatic nitrogens is 3. The quantitative estimate of drug-likeness (QED) is 0.412. The number of sulfone groups is 1. The van der Waals surface area contributed by atoms with Crippen molar-refractivity contribution in [2.75, 3.05) is 18.8 Å². The highest BCUT2D eigenvalue weighted by molar-refractivity contribution is 7.91. The van der Waals surface area contributed by atoms with E-state index in [2.05, 4.69) is 15.0 Å². The summed E-state index contributed by atoms with van der Waals surface area (Å²) in [6.07, 6.45) is 3.95. The van der Waals surface area contributed by atoms with Crippen molar-refractivity contribution in [3.63, 3.8) is 0 Å². The van der Waals surface area contributed by atoms with Crippen molar-refractivity contribution in [3.8, 4) is 23.0 Å². The monoisotopic (exact) mass is 490 g/mol. The molecule has 1 aliphatic heterocycles. The lowest BCUT2D eigenvalue weighted by Gasteiger charge is -2.17. The van der Waals surface area contributed by atoms with Crippen molar-refractivity contribution in [1.82, 2.24) is 19.9 Å². The smallest absolute Gasteiger partial charge is 0.227 e. The number of imidazole rings is 1. The molecule has 1 saturated heterocycles. The van der Waals surface area contributed by atoms with Crippen molar-refractivity contribution in [3.05, 3.63) is 66.4 Å². The van der Waals surface area contributed by atoms with Gasteiger partial charge in [0.05, 0.1) is 28.1 Å². The van der Waals surface area contributed by atoms with Crippen LogP contribution in [0.4, 0.5) is 0 Å². The minimum absolute atomic E-state index is 0.0321. The van der Waals surface area contributed by atoms with Gasteiger partial charge in [-0.15, -0.1) is 0 Å². The summed E-state index contributed by atoms with van der Waals surface area (Å²) in [6, 6.07) is 15.6. The van der Waals surface area contributed by atoms with Gasteiger partial charge in [0.25, 0.3) is 0 Å². The van der Waals surface area contributed by atoms with Crippen LogP contribution in [-0.2, 0) is 21.1 Å². The van der Waals surface area contributed by atoms with E-state index in [-0.39, 0.29) is 23.0 Å². The number of benzene rings is 2. The molecular weight excluding hydrogens is 464 g/mol. The number of rotatable bonds is 7. The second-order valence-electron chi connectivity index (χ2n) is 8.52. The first-order valence-corrected chi connectivity index (χ1v) is 13.3. The first kappa shape index (κ1) is 23.0. The Morgan fingerprint density at radius 3 is 2.54 bits per heavy atom. The molecule has 0 atom stereocenters. The van der Waals surface area contributed by atoms with Gasteiger partial charge >= 0.3 is 0 Å². The van der Waals surface area contributed by atoms with E-state index in [0.29, 0.717) is 28.5 Å². The van der Waals surface area contributed by atoms with Crippen molar-refractivity contribution in [2.45, 2.75) is 31.1 Å². The Hall–Kier alpha value is -3.72. The molecule has 2 aromatic heterocycles. The summed E-state index contributed by atoms with van der Waals surface area (Å²) >= 11 is 0. The fraction of sp³-hybridized carbons (Fsp3) is 0.269. The topological polar surface area (TPSA) is 105 Å². The van der Waals surface area contributed by atoms with Crippen LogP contribution in [0.5, 0.6) is 11.5 Å². The van der Waals surface area contributed by atoms with E-state index < -0.39 is 9.84 Å². The molecule has 1 fully saturated rings. The maximum Gasteiger partial charge on any atom is 0.227 e. The molecule has 9 heteroatoms. The molecule has 3 heterocycles. The van der Waals surface area contributed by atoms with Gasteiger partial charge in [0, 0.05) is 30.9 Å². The Morgan fingerprint density at radius 1 is 1.09 bits per heavy atom. The Labute approximate surface area is 203 Å². The van der Waals surface area contributed by atoms with Crippen LogP contribution in [0.1, 0.15) is 25.3 Å². The number of ether oxygens (including phenoxy) is 1. The Kier molecular flexibility index (Phi) is 6.25. The minimum atomic E-state index is -3.30. The molecule has 2 aromatic carbocycles. The number of amides is 1. The summed E-state index contributed by atoms with van der Waals surface area (Å²) in [5, 5.41) is 0. The first-order valence-electron chi connectivity index (χ1n) is 11.7. The average molecular weight is 491 g/mol. The maximum atomic E-state index is 12.9. The highest BCUT2D eigenvalue weighted by atomic mass is 32.2. The third kappa shape index (κ3) is 4.90. The number of pyridine rings is 1. The molecule has 0 unspecified atom stereocenters. The van der Waals surface area contributed by atoms with Crippen LogP contribution in [-0.4, -0.2) is 53.0 Å². The molecule has 1 N–H and O–H groups in total. The maximum absolute atomic E-state index is 12.9. The van der Waals surface area contributed by atoms with Gasteiger partial charge in [-0.05, 0) is 55.3 Å². The number of nitrogens with zero attached hydrogens (tertiary/aromatic N) is 3. The lowest BCUT2D eigenvalue weighted by molar-refractivity contribution is -0.129. The van der Waals surface area contributed by atoms with E-state index in [1.807, 2.05) is 35.2 Å². The molecule has 0 spiro atoms. The number of H-pyrrole nitrogens is 1. The number of likely N-dealkylation sites (tertiary alicyclic amines) is 1. The second kappa shape index (κ2) is 9.50. The van der Waals surface area contributed by atoms with Crippen LogP contribution in [0.25, 0.3) is 22.6 Å². The second-order valence-corrected chi connectivity index (χ2v) is 10.8. The van der Waals surface area contributed by atoms with Gasteiger partial charge in [0.2, 0.25) is 5.91 Å². The normalized spacial score (nSPS) is 13.9. The Balaban J connectivity index is 1.51. The predicted molar refractivity (Wildman–Crippen MR) is 133 cm³/mol. The zero-order valence-corrected chi connectivity index (χ0v) is 20.2. The molecule has 1 amide bonds. The summed E-state index contributed by atoms with van der Waals surface area (Å²) in [7, 11) is -3.30. The van der Waals surface area contributed by atoms with Crippen molar-refractivity contribution < 1.29 is 17.9 Å². The molecule has 8 nitrogen and oxygen atoms in total. The number of nitrogens with one attached hydrogen (secondary N) is 1. The van der Waals surface area contributed by atoms with Gasteiger partial charge in [-0.3, -0.25) is 9.78 Å². The average Bonchev–Trinajstić information content (AvgIpc) is 3.55. The highest BCUT2D eigenvalue weighted by Crippen LogP contribution is 2.32. The number of fused-ring (bicyclic) bond motifs is 1. The van der Waals surface area contributed by atoms with Gasteiger partial charge in [-0.2, -0.15) is 0 Å². The van der Waals surface area contributed by atoms with E-state index in [1.165, 1.54) is 12.1 Å². The lowest BCUT2D eigenvalue weighted by atomic mass is 10.1. The van der Waals surface area contributed by atoms with Crippen LogP contribution in [0.15, 0.2) is 65.7 Å². The van der Waals surface area contributed by atoms with Crippen LogP contribution in [0.2, 0.25) is 0 Å². The summed E-state index contributed by atoms with van der Waals surface area (Å²) in [5.74, 6) is 1.71. The molecule has 0 radical (unpaired) electrons. The molecule has 180 valence electrons. The zero-order valence-electron chi connectivity index (χ0n) is 19.4. The molecule has 4 aromatic rings. The van der Waals surface area contributed by atoms with Gasteiger partial charge in [0.1, 0.15) is 17.2 Å². The van der Waals surface area contributed by atoms with Crippen LogP contribution in [0, 0.1) is 0 Å². The van der Waals surface area contributed by atoms with Gasteiger partial charge in [-0.25, -0.2) is 13.4 Å². The fourth-order valence-corrected chi connectivity index (χ4v) is 5.07. The van der Waals surface area contributed by atoms with Crippen molar-refractivity contribution in [2.24, 2.45) is 0 Å². The standard InChI is InChI=1S/C26H26N4O4S/c1-2-35(32,33)20-10-8-19(9-11-20)34-24-17-23-22(28-26(29-23)21-7-3-4-12-27-21)15-18(24)16-25(31)30-13-5-6-14-30/h3-4,7-12,15,17H,2,5-6,13-14,16H2,1H3,(H,28,29). The first-order chi connectivity index (χ1) is 16.9. The summed E-state index contributed by atoms with van der Waals surface area (Å²) in [4.78, 5) is 27.4. The number of carbonyl (C=O) groups excluding carboxylic acids is 1. The number of aromatic amines is 1. The van der Waals surface area contributed by atoms with E-state index in [4.69, 9.17) is 4.74 Å². The Bertz CT molecular complexity index is 1460. The number of carbonyl (C=O) groups is 1. The van der Waals surface area contributed by atoms with E-state index in [1.54, 1.807) is 25.3 Å². The summed E-state index contributed by atoms with van der Waals surface area (Å²) in [5.41, 5.74) is 2.92. The van der Waals surface area contributed by atoms with Crippen LogP contribution < -0.4 is 4.74 Å². The predicted octanol–water partition coefficient (Wildman–Crippen LogP) is 4.38. The zero-order chi connectivity index (χ0) is 24.4. The molecule has 1 aliphatic rings. The van der Waals surface area contributed by atoms with Crippen molar-refractivity contribution in [1.29, 1.82) is 0 Å². The summed E-state index contributed by atoms with van der Waals surface area (Å²) in [6.45, 7) is 3.17. The van der Waals surface area contributed by atoms with Crippen molar-refractivity contribution >= 4 is 26.8 Å². The lowest BCUT2D eigenvalue weighted by Crippen LogP contribution is -2.29. The van der Waals surface area contributed by atoms with Gasteiger partial charge in [-0.1, -0.05) is 13.0 Å². The largest absolute Gasteiger partial charge is 0.457 e. The molecule has 35 heavy (non-hydrogen) atoms. The van der Waals surface area contributed by atoms with E-state index in [0.717, 1.165) is 37.0 Å². The van der Waals surface area contributed by atoms with Crippen LogP contribution in [0.3, 0.4) is 0 Å². The summed E-state index contributed by atoms with van der Waals surface area (Å²) < 4.78 is 30.4. The molecule has 0 aliphatic carbocycles. The van der Waals surface area contributed by atoms with Crippen LogP contribution >= 0.6 is 0 Å². The van der Waals surface area contributed by atoms with Gasteiger partial charge < -0.3 is 14.6 Å². The number of hydrogen-bond donors (Lipinski definition) is 1. The molecular formula is C26H26N4O4S. The third-order valence-corrected chi connectivity index (χ3v) is 7.91. The fourth-order valence-electron chi connectivity index (χ4n) is 4.19. The number of hydrogen-bond acceptors (Lipinski definition) is 6. The molecule has 0 bridgehead atoms. The SMILES string of the molecule is CCS(=O)(=O)c1ccc(Oc2cc3nc(-c4ccccn4)[nH]c3cc2CC(=O)N2CCCC2)cc1. The van der Waals surface area contributed by atoms with E-state index >= 15 is 0 Å². The Morgan fingerprint density at radius 2 is 1.86 bits per heavy atom. The highest BCUT2D eigenvalue weighted by Gasteiger charge is 2.21. The van der Waals surface area contributed by atoms with E-state index in [9.17, 15) is 13.2 Å².